The number of carbonyl (C=O) groups is 2. The average Bonchev–Trinajstić information content (AvgIpc) is 3.01. The van der Waals surface area contributed by atoms with Gasteiger partial charge in [0.15, 0.2) is 0 Å². The van der Waals surface area contributed by atoms with Gasteiger partial charge in [-0.3, -0.25) is 9.59 Å². The van der Waals surface area contributed by atoms with Gasteiger partial charge in [-0.15, -0.1) is 0 Å². The first-order chi connectivity index (χ1) is 12.1. The molecule has 1 aromatic carbocycles. The molecule has 130 valence electrons. The Bertz CT molecular complexity index is 764. The zero-order valence-electron chi connectivity index (χ0n) is 14.2. The van der Waals surface area contributed by atoms with E-state index >= 15 is 0 Å². The normalized spacial score (nSPS) is 18.2. The molecule has 1 unspecified atom stereocenters. The van der Waals surface area contributed by atoms with E-state index in [2.05, 4.69) is 17.1 Å². The number of aromatic nitrogens is 1. The predicted octanol–water partition coefficient (Wildman–Crippen LogP) is 3.21. The molecule has 1 aliphatic heterocycles. The van der Waals surface area contributed by atoms with Gasteiger partial charge in [-0.25, -0.2) is 0 Å². The summed E-state index contributed by atoms with van der Waals surface area (Å²) in [6.07, 6.45) is 9.82. The van der Waals surface area contributed by atoms with Crippen molar-refractivity contribution in [2.24, 2.45) is 5.73 Å². The minimum atomic E-state index is -0.535. The van der Waals surface area contributed by atoms with Crippen LogP contribution in [0.2, 0.25) is 0 Å². The summed E-state index contributed by atoms with van der Waals surface area (Å²) in [5, 5.41) is 0. The highest BCUT2D eigenvalue weighted by atomic mass is 16.2. The maximum Gasteiger partial charge on any atom is 0.270 e. The largest absolute Gasteiger partial charge is 0.366 e. The first-order valence-electron chi connectivity index (χ1n) is 8.67. The van der Waals surface area contributed by atoms with Crippen molar-refractivity contribution in [3.63, 3.8) is 0 Å². The minimum Gasteiger partial charge on any atom is -0.366 e. The number of likely N-dealkylation sites (tertiary alicyclic amines) is 1. The molecule has 1 saturated heterocycles. The van der Waals surface area contributed by atoms with Crippen LogP contribution in [0.3, 0.4) is 0 Å². The molecule has 25 heavy (non-hydrogen) atoms. The van der Waals surface area contributed by atoms with Crippen LogP contribution in [0.25, 0.3) is 6.08 Å². The van der Waals surface area contributed by atoms with E-state index in [-0.39, 0.29) is 11.9 Å². The standard InChI is InChI=1S/C20H23N3O2/c21-19(24)16-13-18(22-14-16)20(25)23-12-6-2-5-9-17(23)11-10-15-7-3-1-4-8-15/h1,3-4,7-8,10-11,13-14,17,22H,2,5-6,9,12H2,(H2,21,24). The number of rotatable bonds is 4. The van der Waals surface area contributed by atoms with Crippen molar-refractivity contribution >= 4 is 17.9 Å². The summed E-state index contributed by atoms with van der Waals surface area (Å²) in [7, 11) is 0. The molecule has 2 amide bonds. The van der Waals surface area contributed by atoms with Crippen LogP contribution in [-0.2, 0) is 0 Å². The van der Waals surface area contributed by atoms with Crippen molar-refractivity contribution < 1.29 is 9.59 Å². The Morgan fingerprint density at radius 2 is 1.96 bits per heavy atom. The van der Waals surface area contributed by atoms with E-state index in [4.69, 9.17) is 5.73 Å². The lowest BCUT2D eigenvalue weighted by atomic mass is 10.1. The SMILES string of the molecule is NC(=O)c1c[nH]c(C(=O)N2CCCCCC2C=Cc2ccccc2)c1. The highest BCUT2D eigenvalue weighted by Crippen LogP contribution is 2.21. The second-order valence-electron chi connectivity index (χ2n) is 6.35. The minimum absolute atomic E-state index is 0.0514. The predicted molar refractivity (Wildman–Crippen MR) is 98.1 cm³/mol. The molecule has 1 atom stereocenters. The van der Waals surface area contributed by atoms with Gasteiger partial charge in [0.1, 0.15) is 5.69 Å². The van der Waals surface area contributed by atoms with Gasteiger partial charge in [-0.05, 0) is 24.5 Å². The second kappa shape index (κ2) is 7.83. The lowest BCUT2D eigenvalue weighted by molar-refractivity contribution is 0.0713. The van der Waals surface area contributed by atoms with Crippen LogP contribution in [0, 0.1) is 0 Å². The molecule has 5 heteroatoms. The summed E-state index contributed by atoms with van der Waals surface area (Å²) in [5.41, 5.74) is 7.13. The van der Waals surface area contributed by atoms with Crippen LogP contribution in [-0.4, -0.2) is 34.3 Å². The quantitative estimate of drug-likeness (QED) is 0.898. The third-order valence-corrected chi connectivity index (χ3v) is 4.57. The molecular formula is C20H23N3O2. The number of primary amides is 1. The van der Waals surface area contributed by atoms with Gasteiger partial charge in [0.25, 0.3) is 5.91 Å². The van der Waals surface area contributed by atoms with Crippen molar-refractivity contribution in [2.75, 3.05) is 6.54 Å². The van der Waals surface area contributed by atoms with E-state index in [0.29, 0.717) is 17.8 Å². The van der Waals surface area contributed by atoms with Gasteiger partial charge in [0.2, 0.25) is 5.91 Å². The van der Waals surface area contributed by atoms with Crippen molar-refractivity contribution in [3.8, 4) is 0 Å². The van der Waals surface area contributed by atoms with Crippen molar-refractivity contribution in [1.82, 2.24) is 9.88 Å². The number of aromatic amines is 1. The Balaban J connectivity index is 1.80. The summed E-state index contributed by atoms with van der Waals surface area (Å²) in [6.45, 7) is 0.716. The van der Waals surface area contributed by atoms with Gasteiger partial charge in [0.05, 0.1) is 11.6 Å². The molecule has 5 nitrogen and oxygen atoms in total. The Hall–Kier alpha value is -2.82. The molecule has 1 fully saturated rings. The van der Waals surface area contributed by atoms with Gasteiger partial charge in [0, 0.05) is 12.7 Å². The van der Waals surface area contributed by atoms with Crippen LogP contribution in [0.5, 0.6) is 0 Å². The molecule has 0 radical (unpaired) electrons. The maximum absolute atomic E-state index is 12.9. The van der Waals surface area contributed by atoms with Crippen LogP contribution in [0.4, 0.5) is 0 Å². The van der Waals surface area contributed by atoms with Crippen LogP contribution in [0.1, 0.15) is 52.1 Å². The summed E-state index contributed by atoms with van der Waals surface area (Å²) in [6, 6.07) is 11.7. The molecule has 1 aliphatic rings. The third-order valence-electron chi connectivity index (χ3n) is 4.57. The molecule has 1 aromatic heterocycles. The summed E-state index contributed by atoms with van der Waals surface area (Å²) < 4.78 is 0. The lowest BCUT2D eigenvalue weighted by Crippen LogP contribution is -2.39. The third kappa shape index (κ3) is 4.18. The van der Waals surface area contributed by atoms with Gasteiger partial charge < -0.3 is 15.6 Å². The lowest BCUT2D eigenvalue weighted by Gasteiger charge is -2.27. The number of nitrogens with two attached hydrogens (primary N) is 1. The van der Waals surface area contributed by atoms with Crippen LogP contribution in [0.15, 0.2) is 48.7 Å². The van der Waals surface area contributed by atoms with E-state index < -0.39 is 5.91 Å². The summed E-state index contributed by atoms with van der Waals surface area (Å²) >= 11 is 0. The number of hydrogen-bond donors (Lipinski definition) is 2. The fourth-order valence-corrected chi connectivity index (χ4v) is 3.19. The molecule has 0 saturated carbocycles. The van der Waals surface area contributed by atoms with E-state index in [1.165, 1.54) is 12.3 Å². The summed E-state index contributed by atoms with van der Waals surface area (Å²) in [5.74, 6) is -0.621. The Labute approximate surface area is 147 Å². The fraction of sp³-hybridized carbons (Fsp3) is 0.300. The van der Waals surface area contributed by atoms with Crippen molar-refractivity contribution in [3.05, 3.63) is 65.5 Å². The number of H-pyrrole nitrogens is 1. The number of nitrogens with one attached hydrogen (secondary N) is 1. The highest BCUT2D eigenvalue weighted by Gasteiger charge is 2.25. The number of hydrogen-bond acceptors (Lipinski definition) is 2. The highest BCUT2D eigenvalue weighted by molar-refractivity contribution is 5.98. The monoisotopic (exact) mass is 337 g/mol. The molecule has 3 rings (SSSR count). The van der Waals surface area contributed by atoms with Crippen molar-refractivity contribution in [2.45, 2.75) is 31.7 Å². The van der Waals surface area contributed by atoms with E-state index in [0.717, 1.165) is 31.2 Å². The van der Waals surface area contributed by atoms with E-state index in [1.54, 1.807) is 0 Å². The zero-order chi connectivity index (χ0) is 17.6. The van der Waals surface area contributed by atoms with Crippen LogP contribution >= 0.6 is 0 Å². The maximum atomic E-state index is 12.9. The average molecular weight is 337 g/mol. The molecule has 0 spiro atoms. The molecule has 0 aliphatic carbocycles. The fourth-order valence-electron chi connectivity index (χ4n) is 3.19. The Kier molecular flexibility index (Phi) is 5.33. The molecule has 2 heterocycles. The first kappa shape index (κ1) is 17.0. The topological polar surface area (TPSA) is 79.2 Å². The molecule has 2 aromatic rings. The molecular weight excluding hydrogens is 314 g/mol. The summed E-state index contributed by atoms with van der Waals surface area (Å²) in [4.78, 5) is 29.0. The van der Waals surface area contributed by atoms with Crippen molar-refractivity contribution in [1.29, 1.82) is 0 Å². The Morgan fingerprint density at radius 3 is 2.68 bits per heavy atom. The van der Waals surface area contributed by atoms with Gasteiger partial charge in [-0.2, -0.15) is 0 Å². The van der Waals surface area contributed by atoms with E-state index in [9.17, 15) is 9.59 Å². The van der Waals surface area contributed by atoms with Gasteiger partial charge >= 0.3 is 0 Å². The van der Waals surface area contributed by atoms with E-state index in [1.807, 2.05) is 35.2 Å². The van der Waals surface area contributed by atoms with Crippen LogP contribution < -0.4 is 5.73 Å². The second-order valence-corrected chi connectivity index (χ2v) is 6.35. The number of amides is 2. The van der Waals surface area contributed by atoms with Gasteiger partial charge in [-0.1, -0.05) is 55.3 Å². The smallest absolute Gasteiger partial charge is 0.270 e. The molecule has 3 N–H and O–H groups in total. The number of benzene rings is 1. The number of carbonyl (C=O) groups excluding carboxylic acids is 2. The number of nitrogens with zero attached hydrogens (tertiary/aromatic N) is 1. The molecule has 0 bridgehead atoms. The zero-order valence-corrected chi connectivity index (χ0v) is 14.2. The first-order valence-corrected chi connectivity index (χ1v) is 8.67. The Morgan fingerprint density at radius 1 is 1.16 bits per heavy atom.